The van der Waals surface area contributed by atoms with Crippen LogP contribution in [-0.2, 0) is 10.3 Å². The highest BCUT2D eigenvalue weighted by Crippen LogP contribution is 2.21. The summed E-state index contributed by atoms with van der Waals surface area (Å²) >= 11 is 0. The van der Waals surface area contributed by atoms with Crippen LogP contribution in [0.5, 0.6) is 5.75 Å². The molecule has 0 saturated carbocycles. The number of halogens is 1. The molecule has 2 aromatic carbocycles. The molecular weight excluding hydrogens is 349 g/mol. The first-order valence-corrected chi connectivity index (χ1v) is 8.45. The van der Waals surface area contributed by atoms with Crippen molar-refractivity contribution < 1.29 is 18.7 Å². The Morgan fingerprint density at radius 3 is 2.41 bits per heavy atom. The van der Waals surface area contributed by atoms with E-state index in [1.165, 1.54) is 17.0 Å². The fourth-order valence-corrected chi connectivity index (χ4v) is 2.32. The molecule has 7 heteroatoms. The number of nitrogens with zero attached hydrogens (tertiary/aromatic N) is 1. The van der Waals surface area contributed by atoms with Crippen LogP contribution in [0.4, 0.5) is 14.9 Å². The molecule has 0 saturated heterocycles. The minimum absolute atomic E-state index is 0.0831. The molecule has 0 aliphatic heterocycles. The van der Waals surface area contributed by atoms with Crippen LogP contribution in [-0.4, -0.2) is 37.5 Å². The minimum atomic E-state index is -0.690. The van der Waals surface area contributed by atoms with Gasteiger partial charge in [0.2, 0.25) is 0 Å². The molecule has 2 N–H and O–H groups in total. The van der Waals surface area contributed by atoms with Gasteiger partial charge in [-0.3, -0.25) is 4.79 Å². The number of hydrogen-bond acceptors (Lipinski definition) is 3. The summed E-state index contributed by atoms with van der Waals surface area (Å²) in [5, 5.41) is 5.58. The number of hydrogen-bond donors (Lipinski definition) is 2. The van der Waals surface area contributed by atoms with Crippen molar-refractivity contribution in [3.05, 3.63) is 59.9 Å². The Morgan fingerprint density at radius 2 is 1.78 bits per heavy atom. The summed E-state index contributed by atoms with van der Waals surface area (Å²) in [7, 11) is 3.30. The fraction of sp³-hybridized carbons (Fsp3) is 0.300. The van der Waals surface area contributed by atoms with Crippen molar-refractivity contribution in [1.29, 1.82) is 0 Å². The summed E-state index contributed by atoms with van der Waals surface area (Å²) in [4.78, 5) is 25.4. The molecule has 0 heterocycles. The average Bonchev–Trinajstić information content (AvgIpc) is 2.59. The second-order valence-corrected chi connectivity index (χ2v) is 6.82. The van der Waals surface area contributed by atoms with Gasteiger partial charge in [-0.2, -0.15) is 0 Å². The number of rotatable bonds is 6. The van der Waals surface area contributed by atoms with E-state index < -0.39 is 11.6 Å². The van der Waals surface area contributed by atoms with E-state index in [-0.39, 0.29) is 18.3 Å². The molecule has 0 bridgehead atoms. The Bertz CT molecular complexity index is 804. The van der Waals surface area contributed by atoms with Crippen LogP contribution in [0.15, 0.2) is 48.5 Å². The maximum Gasteiger partial charge on any atom is 0.319 e. The Labute approximate surface area is 158 Å². The lowest BCUT2D eigenvalue weighted by atomic mass is 9.94. The monoisotopic (exact) mass is 373 g/mol. The Kier molecular flexibility index (Phi) is 6.39. The number of benzene rings is 2. The summed E-state index contributed by atoms with van der Waals surface area (Å²) in [6.07, 6.45) is 0. The normalized spacial score (nSPS) is 10.9. The zero-order chi connectivity index (χ0) is 20.0. The van der Waals surface area contributed by atoms with E-state index in [1.807, 2.05) is 13.8 Å². The predicted molar refractivity (Wildman–Crippen MR) is 102 cm³/mol. The van der Waals surface area contributed by atoms with E-state index in [0.717, 1.165) is 5.56 Å². The van der Waals surface area contributed by atoms with Crippen LogP contribution in [0.1, 0.15) is 19.4 Å². The molecule has 0 unspecified atom stereocenters. The van der Waals surface area contributed by atoms with Gasteiger partial charge in [0.25, 0.3) is 5.91 Å². The first kappa shape index (κ1) is 20.2. The second kappa shape index (κ2) is 8.53. The molecule has 0 atom stereocenters. The Hall–Kier alpha value is -3.09. The van der Waals surface area contributed by atoms with Crippen molar-refractivity contribution >= 4 is 17.6 Å². The number of carbonyl (C=O) groups is 2. The molecule has 0 radical (unpaired) electrons. The van der Waals surface area contributed by atoms with Gasteiger partial charge in [0.05, 0.1) is 5.54 Å². The third-order valence-electron chi connectivity index (χ3n) is 3.94. The number of anilines is 1. The molecule has 27 heavy (non-hydrogen) atoms. The lowest BCUT2D eigenvalue weighted by Crippen LogP contribution is -2.43. The number of carbonyl (C=O) groups excluding carboxylic acids is 2. The highest BCUT2D eigenvalue weighted by molar-refractivity contribution is 5.90. The predicted octanol–water partition coefficient (Wildman–Crippen LogP) is 3.35. The van der Waals surface area contributed by atoms with Crippen LogP contribution in [0.3, 0.4) is 0 Å². The molecule has 0 spiro atoms. The number of amides is 3. The van der Waals surface area contributed by atoms with Gasteiger partial charge in [0.1, 0.15) is 11.6 Å². The van der Waals surface area contributed by atoms with Gasteiger partial charge in [-0.05, 0) is 43.7 Å². The van der Waals surface area contributed by atoms with E-state index in [2.05, 4.69) is 10.6 Å². The van der Waals surface area contributed by atoms with Gasteiger partial charge >= 0.3 is 6.03 Å². The standard InChI is InChI=1S/C20H24FN3O3/c1-20(2,14-8-10-15(21)11-9-14)23-19(26)22-16-6-5-7-17(12-16)27-13-18(25)24(3)4/h5-12H,13H2,1-4H3,(H2,22,23,26). The van der Waals surface area contributed by atoms with Crippen LogP contribution >= 0.6 is 0 Å². The zero-order valence-corrected chi connectivity index (χ0v) is 15.9. The van der Waals surface area contributed by atoms with Crippen molar-refractivity contribution in [1.82, 2.24) is 10.2 Å². The molecule has 3 amide bonds. The number of likely N-dealkylation sites (N-methyl/N-ethyl adjacent to an activating group) is 1. The van der Waals surface area contributed by atoms with Crippen LogP contribution in [0.2, 0.25) is 0 Å². The molecule has 6 nitrogen and oxygen atoms in total. The smallest absolute Gasteiger partial charge is 0.319 e. The van der Waals surface area contributed by atoms with Crippen molar-refractivity contribution in [3.8, 4) is 5.75 Å². The lowest BCUT2D eigenvalue weighted by molar-refractivity contribution is -0.130. The third kappa shape index (κ3) is 5.99. The van der Waals surface area contributed by atoms with Gasteiger partial charge in [0, 0.05) is 25.8 Å². The van der Waals surface area contributed by atoms with Crippen molar-refractivity contribution in [3.63, 3.8) is 0 Å². The molecular formula is C20H24FN3O3. The van der Waals surface area contributed by atoms with E-state index in [9.17, 15) is 14.0 Å². The topological polar surface area (TPSA) is 70.7 Å². The summed E-state index contributed by atoms with van der Waals surface area (Å²) < 4.78 is 18.5. The highest BCUT2D eigenvalue weighted by Gasteiger charge is 2.23. The van der Waals surface area contributed by atoms with Crippen molar-refractivity contribution in [2.45, 2.75) is 19.4 Å². The lowest BCUT2D eigenvalue weighted by Gasteiger charge is -2.27. The molecule has 0 aromatic heterocycles. The fourth-order valence-electron chi connectivity index (χ4n) is 2.32. The Morgan fingerprint density at radius 1 is 1.11 bits per heavy atom. The van der Waals surface area contributed by atoms with Crippen molar-refractivity contribution in [2.24, 2.45) is 0 Å². The van der Waals surface area contributed by atoms with E-state index >= 15 is 0 Å². The van der Waals surface area contributed by atoms with Gasteiger partial charge in [-0.15, -0.1) is 0 Å². The first-order valence-electron chi connectivity index (χ1n) is 8.45. The maximum absolute atomic E-state index is 13.1. The molecule has 0 aliphatic rings. The quantitative estimate of drug-likeness (QED) is 0.816. The van der Waals surface area contributed by atoms with Gasteiger partial charge < -0.3 is 20.3 Å². The molecule has 144 valence electrons. The largest absolute Gasteiger partial charge is 0.484 e. The van der Waals surface area contributed by atoms with Crippen LogP contribution < -0.4 is 15.4 Å². The van der Waals surface area contributed by atoms with Crippen LogP contribution in [0.25, 0.3) is 0 Å². The van der Waals surface area contributed by atoms with Crippen LogP contribution in [0, 0.1) is 5.82 Å². The second-order valence-electron chi connectivity index (χ2n) is 6.82. The number of ether oxygens (including phenoxy) is 1. The molecule has 2 rings (SSSR count). The van der Waals surface area contributed by atoms with Gasteiger partial charge in [0.15, 0.2) is 6.61 Å². The summed E-state index contributed by atoms with van der Waals surface area (Å²) in [6, 6.07) is 12.3. The molecule has 0 fully saturated rings. The minimum Gasteiger partial charge on any atom is -0.484 e. The number of nitrogens with one attached hydrogen (secondary N) is 2. The van der Waals surface area contributed by atoms with Gasteiger partial charge in [-0.25, -0.2) is 9.18 Å². The average molecular weight is 373 g/mol. The third-order valence-corrected chi connectivity index (χ3v) is 3.94. The van der Waals surface area contributed by atoms with Crippen molar-refractivity contribution in [2.75, 3.05) is 26.0 Å². The maximum atomic E-state index is 13.1. The van der Waals surface area contributed by atoms with E-state index in [4.69, 9.17) is 4.74 Å². The first-order chi connectivity index (χ1) is 12.7. The molecule has 2 aromatic rings. The SMILES string of the molecule is CN(C)C(=O)COc1cccc(NC(=O)NC(C)(C)c2ccc(F)cc2)c1. The number of urea groups is 1. The van der Waals surface area contributed by atoms with Gasteiger partial charge in [-0.1, -0.05) is 18.2 Å². The van der Waals surface area contributed by atoms with E-state index in [1.54, 1.807) is 50.5 Å². The summed E-state index contributed by atoms with van der Waals surface area (Å²) in [6.45, 7) is 3.57. The molecule has 0 aliphatic carbocycles. The zero-order valence-electron chi connectivity index (χ0n) is 15.9. The highest BCUT2D eigenvalue weighted by atomic mass is 19.1. The van der Waals surface area contributed by atoms with E-state index in [0.29, 0.717) is 11.4 Å². The Balaban J connectivity index is 1.98. The summed E-state index contributed by atoms with van der Waals surface area (Å²) in [5.41, 5.74) is 0.611. The summed E-state index contributed by atoms with van der Waals surface area (Å²) in [5.74, 6) is -0.0171.